The summed E-state index contributed by atoms with van der Waals surface area (Å²) in [5.74, 6) is 0. The van der Waals surface area contributed by atoms with E-state index in [1.54, 1.807) is 6.20 Å². The van der Waals surface area contributed by atoms with Crippen molar-refractivity contribution in [1.82, 2.24) is 15.2 Å². The number of hydrogen-bond acceptors (Lipinski definition) is 4. The first-order chi connectivity index (χ1) is 13.1. The third-order valence-corrected chi connectivity index (χ3v) is 5.35. The molecule has 0 atom stereocenters. The van der Waals surface area contributed by atoms with Crippen LogP contribution in [0.5, 0.6) is 0 Å². The number of aromatic nitrogens is 3. The number of fused-ring (bicyclic) bond motifs is 1. The van der Waals surface area contributed by atoms with Gasteiger partial charge >= 0.3 is 0 Å². The number of hydrogen-bond donors (Lipinski definition) is 3. The Morgan fingerprint density at radius 1 is 1.30 bits per heavy atom. The zero-order valence-electron chi connectivity index (χ0n) is 15.8. The van der Waals surface area contributed by atoms with Crippen LogP contribution in [0.1, 0.15) is 42.7 Å². The monoisotopic (exact) mass is 359 g/mol. The highest BCUT2D eigenvalue weighted by Gasteiger charge is 2.29. The minimum Gasteiger partial charge on any atom is -0.380 e. The minimum absolute atomic E-state index is 0.330. The second-order valence-corrected chi connectivity index (χ2v) is 8.03. The summed E-state index contributed by atoms with van der Waals surface area (Å²) in [6.07, 6.45) is 8.29. The molecule has 5 nitrogen and oxygen atoms in total. The van der Waals surface area contributed by atoms with Crippen molar-refractivity contribution in [3.63, 3.8) is 0 Å². The van der Waals surface area contributed by atoms with Gasteiger partial charge in [-0.05, 0) is 48.4 Å². The van der Waals surface area contributed by atoms with Gasteiger partial charge in [0.25, 0.3) is 0 Å². The van der Waals surface area contributed by atoms with Crippen molar-refractivity contribution in [3.8, 4) is 11.3 Å². The number of nitrogens with one attached hydrogen (secondary N) is 3. The normalized spacial score (nSPS) is 15.2. The molecule has 27 heavy (non-hydrogen) atoms. The number of pyridine rings is 1. The Bertz CT molecular complexity index is 956. The molecule has 5 heteroatoms. The van der Waals surface area contributed by atoms with Crippen LogP contribution >= 0.6 is 0 Å². The topological polar surface area (TPSA) is 77.5 Å². The van der Waals surface area contributed by atoms with E-state index in [1.807, 2.05) is 24.4 Å². The zero-order chi connectivity index (χ0) is 18.9. The molecule has 1 aromatic carbocycles. The first kappa shape index (κ1) is 17.5. The van der Waals surface area contributed by atoms with Gasteiger partial charge in [0.2, 0.25) is 0 Å². The molecule has 2 aromatic heterocycles. The Kier molecular flexibility index (Phi) is 4.52. The molecule has 0 bridgehead atoms. The molecule has 1 aliphatic rings. The van der Waals surface area contributed by atoms with E-state index in [0.29, 0.717) is 12.0 Å². The van der Waals surface area contributed by atoms with E-state index in [0.717, 1.165) is 40.9 Å². The molecule has 0 spiro atoms. The summed E-state index contributed by atoms with van der Waals surface area (Å²) in [6.45, 7) is 5.31. The lowest BCUT2D eigenvalue weighted by molar-refractivity contribution is 0.312. The van der Waals surface area contributed by atoms with Crippen LogP contribution in [0.2, 0.25) is 0 Å². The molecule has 0 amide bonds. The van der Waals surface area contributed by atoms with Crippen molar-refractivity contribution in [1.29, 1.82) is 5.41 Å². The van der Waals surface area contributed by atoms with Gasteiger partial charge in [-0.2, -0.15) is 5.10 Å². The maximum atomic E-state index is 7.82. The summed E-state index contributed by atoms with van der Waals surface area (Å²) in [4.78, 5) is 4.14. The van der Waals surface area contributed by atoms with Gasteiger partial charge in [-0.15, -0.1) is 0 Å². The van der Waals surface area contributed by atoms with Crippen molar-refractivity contribution < 1.29 is 0 Å². The van der Waals surface area contributed by atoms with Crippen molar-refractivity contribution in [3.05, 3.63) is 65.1 Å². The third kappa shape index (κ3) is 3.63. The van der Waals surface area contributed by atoms with Crippen LogP contribution in [0.4, 0.5) is 5.69 Å². The van der Waals surface area contributed by atoms with Gasteiger partial charge < -0.3 is 10.7 Å². The second kappa shape index (κ2) is 6.99. The average Bonchev–Trinajstić information content (AvgIpc) is 3.08. The van der Waals surface area contributed by atoms with Gasteiger partial charge in [0.05, 0.1) is 5.69 Å². The van der Waals surface area contributed by atoms with Gasteiger partial charge in [-0.25, -0.2) is 0 Å². The lowest BCUT2D eigenvalue weighted by Crippen LogP contribution is -2.21. The highest BCUT2D eigenvalue weighted by molar-refractivity contribution is 5.88. The van der Waals surface area contributed by atoms with Gasteiger partial charge in [-0.1, -0.05) is 26.0 Å². The summed E-state index contributed by atoms with van der Waals surface area (Å²) < 4.78 is 0. The highest BCUT2D eigenvalue weighted by atomic mass is 15.1. The number of aromatic amines is 1. The first-order valence-corrected chi connectivity index (χ1v) is 9.39. The van der Waals surface area contributed by atoms with Crippen LogP contribution in [0.15, 0.2) is 42.7 Å². The molecule has 4 rings (SSSR count). The van der Waals surface area contributed by atoms with Crippen LogP contribution in [0, 0.1) is 10.8 Å². The van der Waals surface area contributed by atoms with Crippen LogP contribution in [0.3, 0.4) is 0 Å². The van der Waals surface area contributed by atoms with E-state index in [9.17, 15) is 0 Å². The molecule has 2 heterocycles. The summed E-state index contributed by atoms with van der Waals surface area (Å²) in [5.41, 5.74) is 7.95. The lowest BCUT2D eigenvalue weighted by Gasteiger charge is -2.29. The van der Waals surface area contributed by atoms with Crippen LogP contribution in [-0.4, -0.2) is 21.4 Å². The molecule has 0 fully saturated rings. The molecule has 0 saturated heterocycles. The van der Waals surface area contributed by atoms with E-state index in [4.69, 9.17) is 5.41 Å². The Labute approximate surface area is 159 Å². The predicted octanol–water partition coefficient (Wildman–Crippen LogP) is 4.60. The maximum absolute atomic E-state index is 7.82. The van der Waals surface area contributed by atoms with Gasteiger partial charge in [0.15, 0.2) is 0 Å². The van der Waals surface area contributed by atoms with Crippen molar-refractivity contribution in [2.24, 2.45) is 5.41 Å². The molecular weight excluding hydrogens is 334 g/mol. The lowest BCUT2D eigenvalue weighted by atomic mass is 9.76. The van der Waals surface area contributed by atoms with Crippen molar-refractivity contribution in [2.75, 3.05) is 5.32 Å². The summed E-state index contributed by atoms with van der Waals surface area (Å²) in [6, 6.07) is 10.2. The highest BCUT2D eigenvalue weighted by Crippen LogP contribution is 2.38. The molecule has 0 saturated carbocycles. The van der Waals surface area contributed by atoms with E-state index < -0.39 is 0 Å². The average molecular weight is 359 g/mol. The number of nitrogens with zero attached hydrogens (tertiary/aromatic N) is 2. The van der Waals surface area contributed by atoms with E-state index in [2.05, 4.69) is 46.5 Å². The SMILES string of the molecule is CC1(C)CCc2c(-c3ccc(NCc4cccnc4)c(C=N)c3)n[nH]c2C1. The van der Waals surface area contributed by atoms with Gasteiger partial charge in [0, 0.05) is 53.2 Å². The molecule has 0 unspecified atom stereocenters. The number of rotatable bonds is 5. The molecule has 0 aliphatic heterocycles. The molecular formula is C22H25N5. The first-order valence-electron chi connectivity index (χ1n) is 9.39. The fraction of sp³-hybridized carbons (Fsp3) is 0.318. The Morgan fingerprint density at radius 3 is 2.96 bits per heavy atom. The molecule has 1 aliphatic carbocycles. The Morgan fingerprint density at radius 2 is 2.19 bits per heavy atom. The standard InChI is InChI=1S/C22H25N5/c1-22(2)8-7-18-20(11-22)26-27-21(18)16-5-6-19(17(10-16)12-23)25-14-15-4-3-9-24-13-15/h3-6,9-10,12-13,23,25H,7-8,11,14H2,1-2H3,(H,26,27). The second-order valence-electron chi connectivity index (χ2n) is 8.03. The van der Waals surface area contributed by atoms with Crippen LogP contribution in [0.25, 0.3) is 11.3 Å². The maximum Gasteiger partial charge on any atom is 0.0955 e. The van der Waals surface area contributed by atoms with Crippen molar-refractivity contribution in [2.45, 2.75) is 39.7 Å². The van der Waals surface area contributed by atoms with E-state index in [1.165, 1.54) is 23.9 Å². The number of H-pyrrole nitrogens is 1. The van der Waals surface area contributed by atoms with Crippen molar-refractivity contribution >= 4 is 11.9 Å². The fourth-order valence-electron chi connectivity index (χ4n) is 3.78. The largest absolute Gasteiger partial charge is 0.380 e. The van der Waals surface area contributed by atoms with E-state index in [-0.39, 0.29) is 0 Å². The Hall–Kier alpha value is -2.95. The zero-order valence-corrected chi connectivity index (χ0v) is 15.8. The number of benzene rings is 1. The smallest absolute Gasteiger partial charge is 0.0955 e. The number of anilines is 1. The summed E-state index contributed by atoms with van der Waals surface area (Å²) in [7, 11) is 0. The van der Waals surface area contributed by atoms with Crippen LogP contribution in [-0.2, 0) is 19.4 Å². The van der Waals surface area contributed by atoms with Gasteiger partial charge in [-0.3, -0.25) is 10.1 Å². The fourth-order valence-corrected chi connectivity index (χ4v) is 3.78. The van der Waals surface area contributed by atoms with E-state index >= 15 is 0 Å². The molecule has 0 radical (unpaired) electrons. The van der Waals surface area contributed by atoms with Gasteiger partial charge in [0.1, 0.15) is 0 Å². The predicted molar refractivity (Wildman–Crippen MR) is 109 cm³/mol. The molecule has 3 N–H and O–H groups in total. The Balaban J connectivity index is 1.59. The summed E-state index contributed by atoms with van der Waals surface area (Å²) in [5, 5.41) is 19.1. The quantitative estimate of drug-likeness (QED) is 0.583. The minimum atomic E-state index is 0.330. The third-order valence-electron chi connectivity index (χ3n) is 5.35. The van der Waals surface area contributed by atoms with Crippen LogP contribution < -0.4 is 5.32 Å². The summed E-state index contributed by atoms with van der Waals surface area (Å²) >= 11 is 0. The molecule has 3 aromatic rings. The molecule has 138 valence electrons.